The van der Waals surface area contributed by atoms with Crippen molar-refractivity contribution in [2.24, 2.45) is 0 Å². The fraction of sp³-hybridized carbons (Fsp3) is 0.562. The summed E-state index contributed by atoms with van der Waals surface area (Å²) in [5.74, 6) is 0.654. The van der Waals surface area contributed by atoms with Crippen LogP contribution in [-0.2, 0) is 17.8 Å². The Hall–Kier alpha value is -1.69. The second-order valence-electron chi connectivity index (χ2n) is 5.80. The third-order valence-electron chi connectivity index (χ3n) is 4.12. The molecular formula is C16H22N4OS. The first-order valence-electron chi connectivity index (χ1n) is 7.99. The number of hydrogen-bond acceptors (Lipinski definition) is 4. The van der Waals surface area contributed by atoms with E-state index in [-0.39, 0.29) is 12.5 Å². The van der Waals surface area contributed by atoms with Crippen LogP contribution in [0.2, 0.25) is 0 Å². The number of nitrogens with zero attached hydrogens (tertiary/aromatic N) is 3. The van der Waals surface area contributed by atoms with Gasteiger partial charge in [-0.25, -0.2) is 4.98 Å². The molecule has 1 aliphatic carbocycles. The van der Waals surface area contributed by atoms with Crippen LogP contribution in [0.3, 0.4) is 0 Å². The average molecular weight is 318 g/mol. The fourth-order valence-electron chi connectivity index (χ4n) is 2.93. The number of aromatic nitrogens is 3. The Kier molecular flexibility index (Phi) is 5.21. The van der Waals surface area contributed by atoms with Crippen LogP contribution in [-0.4, -0.2) is 27.2 Å². The number of carbonyl (C=O) groups is 1. The standard InChI is InChI=1S/C16H22N4OS/c21-15(11-20-10-4-8-18-20)17-9-7-16-19-14(12-22-16)13-5-2-1-3-6-13/h4,8,10,12-13H,1-3,5-7,9,11H2,(H,17,21). The molecule has 0 unspecified atom stereocenters. The molecule has 1 N–H and O–H groups in total. The van der Waals surface area contributed by atoms with Gasteiger partial charge < -0.3 is 5.32 Å². The summed E-state index contributed by atoms with van der Waals surface area (Å²) >= 11 is 1.72. The van der Waals surface area contributed by atoms with Crippen molar-refractivity contribution in [1.29, 1.82) is 0 Å². The van der Waals surface area contributed by atoms with Crippen LogP contribution in [0.4, 0.5) is 0 Å². The highest BCUT2D eigenvalue weighted by molar-refractivity contribution is 7.09. The van der Waals surface area contributed by atoms with E-state index in [9.17, 15) is 4.79 Å². The van der Waals surface area contributed by atoms with E-state index in [2.05, 4.69) is 15.8 Å². The third kappa shape index (κ3) is 4.16. The Morgan fingerprint density at radius 3 is 3.00 bits per heavy atom. The molecule has 5 nitrogen and oxygen atoms in total. The first-order chi connectivity index (χ1) is 10.8. The minimum absolute atomic E-state index is 0.00670. The maximum absolute atomic E-state index is 11.8. The molecule has 2 aromatic rings. The van der Waals surface area contributed by atoms with E-state index in [0.29, 0.717) is 12.5 Å². The van der Waals surface area contributed by atoms with Crippen LogP contribution in [0.15, 0.2) is 23.8 Å². The number of hydrogen-bond donors (Lipinski definition) is 1. The van der Waals surface area contributed by atoms with Crippen molar-refractivity contribution in [2.45, 2.75) is 51.0 Å². The van der Waals surface area contributed by atoms with E-state index in [0.717, 1.165) is 11.4 Å². The van der Waals surface area contributed by atoms with Crippen molar-refractivity contribution in [2.75, 3.05) is 6.54 Å². The normalized spacial score (nSPS) is 15.8. The quantitative estimate of drug-likeness (QED) is 0.891. The highest BCUT2D eigenvalue weighted by atomic mass is 32.1. The molecule has 0 bridgehead atoms. The summed E-state index contributed by atoms with van der Waals surface area (Å²) in [6.45, 7) is 0.913. The van der Waals surface area contributed by atoms with Gasteiger partial charge in [0.15, 0.2) is 0 Å². The molecule has 118 valence electrons. The number of amides is 1. The molecule has 0 aromatic carbocycles. The minimum atomic E-state index is -0.00670. The molecule has 1 amide bonds. The minimum Gasteiger partial charge on any atom is -0.354 e. The van der Waals surface area contributed by atoms with Gasteiger partial charge in [0.1, 0.15) is 6.54 Å². The first-order valence-corrected chi connectivity index (χ1v) is 8.87. The van der Waals surface area contributed by atoms with Crippen LogP contribution in [0, 0.1) is 0 Å². The van der Waals surface area contributed by atoms with Crippen molar-refractivity contribution in [3.05, 3.63) is 34.5 Å². The monoisotopic (exact) mass is 318 g/mol. The Morgan fingerprint density at radius 2 is 2.23 bits per heavy atom. The molecular weight excluding hydrogens is 296 g/mol. The Balaban J connectivity index is 1.42. The van der Waals surface area contributed by atoms with E-state index < -0.39 is 0 Å². The van der Waals surface area contributed by atoms with Gasteiger partial charge in [-0.15, -0.1) is 11.3 Å². The van der Waals surface area contributed by atoms with Crippen LogP contribution in [0.25, 0.3) is 0 Å². The van der Waals surface area contributed by atoms with Crippen LogP contribution in [0.1, 0.15) is 48.7 Å². The fourth-order valence-corrected chi connectivity index (χ4v) is 3.81. The van der Waals surface area contributed by atoms with Crippen molar-refractivity contribution >= 4 is 17.2 Å². The lowest BCUT2D eigenvalue weighted by Gasteiger charge is -2.19. The average Bonchev–Trinajstić information content (AvgIpc) is 3.20. The van der Waals surface area contributed by atoms with Crippen molar-refractivity contribution in [3.63, 3.8) is 0 Å². The Morgan fingerprint density at radius 1 is 1.36 bits per heavy atom. The molecule has 6 heteroatoms. The van der Waals surface area contributed by atoms with Gasteiger partial charge in [0.25, 0.3) is 0 Å². The van der Waals surface area contributed by atoms with Crippen molar-refractivity contribution in [3.8, 4) is 0 Å². The van der Waals surface area contributed by atoms with Crippen molar-refractivity contribution in [1.82, 2.24) is 20.1 Å². The first kappa shape index (κ1) is 15.2. The lowest BCUT2D eigenvalue weighted by molar-refractivity contribution is -0.121. The molecule has 1 fully saturated rings. The lowest BCUT2D eigenvalue weighted by Crippen LogP contribution is -2.29. The summed E-state index contributed by atoms with van der Waals surface area (Å²) in [6, 6.07) is 1.82. The molecule has 22 heavy (non-hydrogen) atoms. The zero-order chi connectivity index (χ0) is 15.2. The van der Waals surface area contributed by atoms with Gasteiger partial charge in [0.05, 0.1) is 10.7 Å². The van der Waals surface area contributed by atoms with E-state index >= 15 is 0 Å². The molecule has 0 saturated heterocycles. The van der Waals surface area contributed by atoms with Crippen molar-refractivity contribution < 1.29 is 4.79 Å². The van der Waals surface area contributed by atoms with E-state index in [1.807, 2.05) is 6.07 Å². The highest BCUT2D eigenvalue weighted by Gasteiger charge is 2.18. The number of thiazole rings is 1. The predicted octanol–water partition coefficient (Wildman–Crippen LogP) is 2.75. The summed E-state index contributed by atoms with van der Waals surface area (Å²) in [5, 5.41) is 10.3. The van der Waals surface area contributed by atoms with Crippen LogP contribution >= 0.6 is 11.3 Å². The Bertz CT molecular complexity index is 587. The molecule has 2 heterocycles. The molecule has 1 aliphatic rings. The molecule has 3 rings (SSSR count). The van der Waals surface area contributed by atoms with Gasteiger partial charge in [0.2, 0.25) is 5.91 Å². The van der Waals surface area contributed by atoms with E-state index in [1.165, 1.54) is 37.8 Å². The molecule has 1 saturated carbocycles. The van der Waals surface area contributed by atoms with Gasteiger partial charge in [0, 0.05) is 36.7 Å². The Labute approximate surface area is 134 Å². The SMILES string of the molecule is O=C(Cn1cccn1)NCCc1nc(C2CCCCC2)cs1. The zero-order valence-corrected chi connectivity index (χ0v) is 13.5. The summed E-state index contributed by atoms with van der Waals surface area (Å²) in [4.78, 5) is 16.5. The summed E-state index contributed by atoms with van der Waals surface area (Å²) in [5.41, 5.74) is 1.27. The lowest BCUT2D eigenvalue weighted by atomic mass is 9.87. The third-order valence-corrected chi connectivity index (χ3v) is 5.05. The zero-order valence-electron chi connectivity index (χ0n) is 12.7. The second-order valence-corrected chi connectivity index (χ2v) is 6.75. The highest BCUT2D eigenvalue weighted by Crippen LogP contribution is 2.32. The maximum Gasteiger partial charge on any atom is 0.241 e. The number of carbonyl (C=O) groups excluding carboxylic acids is 1. The molecule has 0 atom stereocenters. The molecule has 0 spiro atoms. The van der Waals surface area contributed by atoms with Crippen LogP contribution in [0.5, 0.6) is 0 Å². The van der Waals surface area contributed by atoms with Gasteiger partial charge in [-0.1, -0.05) is 19.3 Å². The molecule has 0 aliphatic heterocycles. The summed E-state index contributed by atoms with van der Waals surface area (Å²) in [7, 11) is 0. The largest absolute Gasteiger partial charge is 0.354 e. The second kappa shape index (κ2) is 7.54. The van der Waals surface area contributed by atoms with E-state index in [4.69, 9.17) is 4.98 Å². The predicted molar refractivity (Wildman–Crippen MR) is 86.9 cm³/mol. The van der Waals surface area contributed by atoms with E-state index in [1.54, 1.807) is 28.4 Å². The number of rotatable bonds is 6. The van der Waals surface area contributed by atoms with Crippen LogP contribution < -0.4 is 5.32 Å². The topological polar surface area (TPSA) is 59.8 Å². The molecule has 0 radical (unpaired) electrons. The van der Waals surface area contributed by atoms with Gasteiger partial charge in [-0.3, -0.25) is 9.48 Å². The molecule has 2 aromatic heterocycles. The van der Waals surface area contributed by atoms with Gasteiger partial charge >= 0.3 is 0 Å². The number of nitrogens with one attached hydrogen (secondary N) is 1. The maximum atomic E-state index is 11.8. The van der Waals surface area contributed by atoms with Gasteiger partial charge in [-0.2, -0.15) is 5.10 Å². The van der Waals surface area contributed by atoms with Gasteiger partial charge in [-0.05, 0) is 18.9 Å². The smallest absolute Gasteiger partial charge is 0.241 e. The summed E-state index contributed by atoms with van der Waals surface area (Å²) in [6.07, 6.45) is 10.9. The summed E-state index contributed by atoms with van der Waals surface area (Å²) < 4.78 is 1.62.